The highest BCUT2D eigenvalue weighted by Gasteiger charge is 2.50. The number of hydrogen-bond donors (Lipinski definition) is 0. The summed E-state index contributed by atoms with van der Waals surface area (Å²) in [6, 6.07) is 7.15. The van der Waals surface area contributed by atoms with Crippen molar-refractivity contribution < 1.29 is 9.59 Å². The number of fused-ring (bicyclic) bond motifs is 1. The van der Waals surface area contributed by atoms with Crippen molar-refractivity contribution >= 4 is 29.0 Å². The molecule has 0 fully saturated rings. The summed E-state index contributed by atoms with van der Waals surface area (Å²) >= 11 is 6.47. The number of nitrogens with zero attached hydrogens (tertiary/aromatic N) is 1. The highest BCUT2D eigenvalue weighted by molar-refractivity contribution is 6.52. The number of para-hydroxylation sites is 1. The summed E-state index contributed by atoms with van der Waals surface area (Å²) in [5.41, 5.74) is 1.19. The van der Waals surface area contributed by atoms with Gasteiger partial charge in [-0.15, -0.1) is 0 Å². The van der Waals surface area contributed by atoms with Gasteiger partial charge in [-0.3, -0.25) is 9.59 Å². The Labute approximate surface area is 131 Å². The van der Waals surface area contributed by atoms with Crippen LogP contribution in [0.25, 0.3) is 0 Å². The smallest absolute Gasteiger partial charge is 0.255 e. The molecule has 0 saturated carbocycles. The van der Waals surface area contributed by atoms with Gasteiger partial charge in [0.2, 0.25) is 0 Å². The fourth-order valence-corrected chi connectivity index (χ4v) is 3.20. The van der Waals surface area contributed by atoms with Gasteiger partial charge in [0.15, 0.2) is 10.7 Å². The Balaban J connectivity index is 2.16. The lowest BCUT2D eigenvalue weighted by atomic mass is 9.86. The van der Waals surface area contributed by atoms with E-state index >= 15 is 0 Å². The molecule has 21 heavy (non-hydrogen) atoms. The Kier molecular flexibility index (Phi) is 5.04. The summed E-state index contributed by atoms with van der Waals surface area (Å²) in [6.45, 7) is 2.16. The number of Topliss-reactive ketones (excluding diaryl/α,β-unsaturated/α-hetero) is 1. The van der Waals surface area contributed by atoms with E-state index < -0.39 is 4.87 Å². The highest BCUT2D eigenvalue weighted by Crippen LogP contribution is 2.38. The van der Waals surface area contributed by atoms with Crippen molar-refractivity contribution in [1.82, 2.24) is 0 Å². The first-order valence-electron chi connectivity index (χ1n) is 7.63. The molecule has 0 unspecified atom stereocenters. The minimum absolute atomic E-state index is 0.252. The van der Waals surface area contributed by atoms with Gasteiger partial charge < -0.3 is 4.90 Å². The third-order valence-corrected chi connectivity index (χ3v) is 4.66. The van der Waals surface area contributed by atoms with Crippen LogP contribution in [0.15, 0.2) is 24.3 Å². The molecule has 1 aliphatic heterocycles. The van der Waals surface area contributed by atoms with Crippen LogP contribution in [0.1, 0.15) is 55.8 Å². The van der Waals surface area contributed by atoms with E-state index in [1.54, 1.807) is 25.2 Å². The van der Waals surface area contributed by atoms with Crippen molar-refractivity contribution in [2.24, 2.45) is 0 Å². The van der Waals surface area contributed by atoms with E-state index in [1.165, 1.54) is 17.7 Å². The number of rotatable bonds is 6. The quantitative estimate of drug-likeness (QED) is 0.449. The van der Waals surface area contributed by atoms with Gasteiger partial charge in [0.05, 0.1) is 5.69 Å². The lowest BCUT2D eigenvalue weighted by Gasteiger charge is -2.35. The number of unbranched alkanes of at least 4 members (excludes halogenated alkanes) is 4. The largest absolute Gasteiger partial charge is 0.313 e. The summed E-state index contributed by atoms with van der Waals surface area (Å²) in [4.78, 5) is 25.2. The number of ketones is 1. The molecule has 0 aromatic heterocycles. The van der Waals surface area contributed by atoms with Gasteiger partial charge >= 0.3 is 0 Å². The summed E-state index contributed by atoms with van der Waals surface area (Å²) in [5, 5.41) is 0. The van der Waals surface area contributed by atoms with Crippen LogP contribution in [0.3, 0.4) is 0 Å². The Morgan fingerprint density at radius 1 is 1.10 bits per heavy atom. The Morgan fingerprint density at radius 2 is 1.76 bits per heavy atom. The van der Waals surface area contributed by atoms with E-state index in [1.807, 2.05) is 6.07 Å². The number of anilines is 1. The molecule has 0 radical (unpaired) electrons. The van der Waals surface area contributed by atoms with Crippen LogP contribution in [0.5, 0.6) is 0 Å². The lowest BCUT2D eigenvalue weighted by Crippen LogP contribution is -2.53. The molecule has 0 spiro atoms. The zero-order valence-electron chi connectivity index (χ0n) is 12.7. The topological polar surface area (TPSA) is 37.4 Å². The summed E-state index contributed by atoms with van der Waals surface area (Å²) in [7, 11) is 1.68. The van der Waals surface area contributed by atoms with Crippen LogP contribution in [0.2, 0.25) is 0 Å². The standard InChI is InChI=1S/C17H22ClNO2/c1-3-4-5-6-9-12-17(18)15(20)13-10-7-8-11-14(13)19(2)16(17)21/h7-8,10-11H,3-6,9,12H2,1-2H3/t17-/m0/s1. The average molecular weight is 308 g/mol. The second-order valence-electron chi connectivity index (χ2n) is 5.68. The van der Waals surface area contributed by atoms with E-state index in [9.17, 15) is 9.59 Å². The molecule has 0 saturated heterocycles. The Morgan fingerprint density at radius 3 is 2.48 bits per heavy atom. The van der Waals surface area contributed by atoms with Gasteiger partial charge in [-0.05, 0) is 18.6 Å². The van der Waals surface area contributed by atoms with Gasteiger partial charge in [0.25, 0.3) is 5.91 Å². The van der Waals surface area contributed by atoms with Crippen molar-refractivity contribution in [1.29, 1.82) is 0 Å². The summed E-state index contributed by atoms with van der Waals surface area (Å²) in [5.74, 6) is -0.554. The zero-order valence-corrected chi connectivity index (χ0v) is 13.4. The maximum atomic E-state index is 12.6. The molecule has 0 aliphatic carbocycles. The molecule has 1 aromatic carbocycles. The van der Waals surface area contributed by atoms with E-state index in [4.69, 9.17) is 11.6 Å². The third kappa shape index (κ3) is 2.98. The molecule has 1 heterocycles. The van der Waals surface area contributed by atoms with E-state index in [-0.39, 0.29) is 11.7 Å². The predicted molar refractivity (Wildman–Crippen MR) is 86.1 cm³/mol. The average Bonchev–Trinajstić information content (AvgIpc) is 2.51. The number of amides is 1. The summed E-state index contributed by atoms with van der Waals surface area (Å²) < 4.78 is 0. The van der Waals surface area contributed by atoms with Crippen LogP contribution in [0, 0.1) is 0 Å². The molecule has 114 valence electrons. The van der Waals surface area contributed by atoms with Crippen LogP contribution < -0.4 is 4.90 Å². The Bertz CT molecular complexity index is 543. The number of alkyl halides is 1. The first-order valence-corrected chi connectivity index (χ1v) is 8.01. The van der Waals surface area contributed by atoms with Crippen molar-refractivity contribution in [2.45, 2.75) is 50.3 Å². The monoisotopic (exact) mass is 307 g/mol. The molecular weight excluding hydrogens is 286 g/mol. The number of benzene rings is 1. The minimum atomic E-state index is -1.42. The molecule has 1 aromatic rings. The third-order valence-electron chi connectivity index (χ3n) is 4.14. The van der Waals surface area contributed by atoms with Crippen molar-refractivity contribution in [3.8, 4) is 0 Å². The van der Waals surface area contributed by atoms with Crippen molar-refractivity contribution in [2.75, 3.05) is 11.9 Å². The zero-order chi connectivity index (χ0) is 15.5. The molecular formula is C17H22ClNO2. The van der Waals surface area contributed by atoms with Crippen LogP contribution in [-0.2, 0) is 4.79 Å². The highest BCUT2D eigenvalue weighted by atomic mass is 35.5. The van der Waals surface area contributed by atoms with E-state index in [0.717, 1.165) is 19.3 Å². The fourth-order valence-electron chi connectivity index (χ4n) is 2.84. The van der Waals surface area contributed by atoms with E-state index in [2.05, 4.69) is 6.92 Å². The molecule has 4 heteroatoms. The van der Waals surface area contributed by atoms with Gasteiger partial charge in [-0.25, -0.2) is 0 Å². The Hall–Kier alpha value is -1.35. The first kappa shape index (κ1) is 16.0. The van der Waals surface area contributed by atoms with Crippen LogP contribution in [-0.4, -0.2) is 23.6 Å². The number of hydrogen-bond acceptors (Lipinski definition) is 2. The second-order valence-corrected chi connectivity index (χ2v) is 6.32. The molecule has 1 amide bonds. The summed E-state index contributed by atoms with van der Waals surface area (Å²) in [6.07, 6.45) is 5.69. The van der Waals surface area contributed by atoms with Crippen LogP contribution in [0.4, 0.5) is 5.69 Å². The predicted octanol–water partition coefficient (Wildman–Crippen LogP) is 4.18. The number of halogens is 1. The SMILES string of the molecule is CCCCCCC[C@]1(Cl)C(=O)c2ccccc2N(C)C1=O. The maximum absolute atomic E-state index is 12.6. The van der Waals surface area contributed by atoms with Gasteiger partial charge in [0.1, 0.15) is 0 Å². The number of carbonyl (C=O) groups excluding carboxylic acids is 2. The number of carbonyl (C=O) groups is 2. The molecule has 3 nitrogen and oxygen atoms in total. The van der Waals surface area contributed by atoms with Crippen molar-refractivity contribution in [3.05, 3.63) is 29.8 Å². The van der Waals surface area contributed by atoms with Gasteiger partial charge in [0, 0.05) is 12.6 Å². The molecule has 0 N–H and O–H groups in total. The maximum Gasteiger partial charge on any atom is 0.255 e. The molecule has 1 atom stereocenters. The van der Waals surface area contributed by atoms with Crippen LogP contribution >= 0.6 is 11.6 Å². The normalized spacial score (nSPS) is 21.6. The van der Waals surface area contributed by atoms with Gasteiger partial charge in [-0.1, -0.05) is 62.8 Å². The van der Waals surface area contributed by atoms with Crippen molar-refractivity contribution in [3.63, 3.8) is 0 Å². The first-order chi connectivity index (χ1) is 10.0. The molecule has 1 aliphatic rings. The second kappa shape index (κ2) is 6.61. The fraction of sp³-hybridized carbons (Fsp3) is 0.529. The van der Waals surface area contributed by atoms with Gasteiger partial charge in [-0.2, -0.15) is 0 Å². The molecule has 2 rings (SSSR count). The minimum Gasteiger partial charge on any atom is -0.313 e. The molecule has 0 bridgehead atoms. The van der Waals surface area contributed by atoms with E-state index in [0.29, 0.717) is 17.7 Å². The lowest BCUT2D eigenvalue weighted by molar-refractivity contribution is -0.120.